The SMILES string of the molecule is NCCCCNC(=O)C1CCCN(C(=O)Nc2ccccc2F)C1. The number of halogens is 1. The normalized spacial score (nSPS) is 17.4. The molecule has 1 heterocycles. The van der Waals surface area contributed by atoms with Gasteiger partial charge in [-0.2, -0.15) is 0 Å². The first-order chi connectivity index (χ1) is 11.6. The molecule has 132 valence electrons. The van der Waals surface area contributed by atoms with Gasteiger partial charge in [0.05, 0.1) is 11.6 Å². The van der Waals surface area contributed by atoms with Crippen LogP contribution in [0.1, 0.15) is 25.7 Å². The van der Waals surface area contributed by atoms with Crippen molar-refractivity contribution in [3.8, 4) is 0 Å². The summed E-state index contributed by atoms with van der Waals surface area (Å²) >= 11 is 0. The molecule has 1 aliphatic rings. The molecule has 3 amide bonds. The highest BCUT2D eigenvalue weighted by Gasteiger charge is 2.28. The van der Waals surface area contributed by atoms with E-state index < -0.39 is 5.82 Å². The maximum absolute atomic E-state index is 13.6. The number of nitrogens with zero attached hydrogens (tertiary/aromatic N) is 1. The van der Waals surface area contributed by atoms with Crippen molar-refractivity contribution in [2.24, 2.45) is 11.7 Å². The van der Waals surface area contributed by atoms with Gasteiger partial charge in [-0.1, -0.05) is 12.1 Å². The number of nitrogens with one attached hydrogen (secondary N) is 2. The molecule has 1 aromatic carbocycles. The number of urea groups is 1. The molecule has 0 saturated carbocycles. The van der Waals surface area contributed by atoms with Gasteiger partial charge in [0.25, 0.3) is 0 Å². The molecule has 1 unspecified atom stereocenters. The number of hydrogen-bond donors (Lipinski definition) is 3. The summed E-state index contributed by atoms with van der Waals surface area (Å²) in [4.78, 5) is 26.0. The lowest BCUT2D eigenvalue weighted by Gasteiger charge is -2.32. The molecule has 1 atom stereocenters. The molecular weight excluding hydrogens is 311 g/mol. The van der Waals surface area contributed by atoms with Crippen molar-refractivity contribution in [2.75, 3.05) is 31.5 Å². The largest absolute Gasteiger partial charge is 0.356 e. The van der Waals surface area contributed by atoms with Crippen LogP contribution in [0.25, 0.3) is 0 Å². The monoisotopic (exact) mass is 336 g/mol. The maximum atomic E-state index is 13.6. The Kier molecular flexibility index (Phi) is 6.99. The Labute approximate surface area is 141 Å². The van der Waals surface area contributed by atoms with Gasteiger partial charge in [-0.25, -0.2) is 9.18 Å². The summed E-state index contributed by atoms with van der Waals surface area (Å²) in [6.07, 6.45) is 3.24. The van der Waals surface area contributed by atoms with Crippen LogP contribution in [-0.4, -0.2) is 43.0 Å². The molecule has 1 fully saturated rings. The average molecular weight is 336 g/mol. The Hall–Kier alpha value is -2.15. The summed E-state index contributed by atoms with van der Waals surface area (Å²) in [7, 11) is 0. The zero-order valence-electron chi connectivity index (χ0n) is 13.8. The smallest absolute Gasteiger partial charge is 0.321 e. The molecule has 1 aromatic rings. The molecule has 0 bridgehead atoms. The molecule has 7 heteroatoms. The Morgan fingerprint density at radius 3 is 2.83 bits per heavy atom. The van der Waals surface area contributed by atoms with Gasteiger partial charge in [0.2, 0.25) is 5.91 Å². The van der Waals surface area contributed by atoms with Gasteiger partial charge in [0.15, 0.2) is 0 Å². The highest BCUT2D eigenvalue weighted by molar-refractivity contribution is 5.90. The lowest BCUT2D eigenvalue weighted by atomic mass is 9.97. The fourth-order valence-corrected chi connectivity index (χ4v) is 2.76. The molecule has 0 aromatic heterocycles. The van der Waals surface area contributed by atoms with E-state index >= 15 is 0 Å². The van der Waals surface area contributed by atoms with Gasteiger partial charge in [0, 0.05) is 19.6 Å². The minimum absolute atomic E-state index is 0.0320. The van der Waals surface area contributed by atoms with Gasteiger partial charge < -0.3 is 21.3 Å². The van der Waals surface area contributed by atoms with Gasteiger partial charge in [0.1, 0.15) is 5.82 Å². The van der Waals surface area contributed by atoms with E-state index in [-0.39, 0.29) is 23.5 Å². The molecule has 1 saturated heterocycles. The minimum Gasteiger partial charge on any atom is -0.356 e. The van der Waals surface area contributed by atoms with Crippen LogP contribution in [0.3, 0.4) is 0 Å². The molecule has 6 nitrogen and oxygen atoms in total. The molecule has 0 radical (unpaired) electrons. The lowest BCUT2D eigenvalue weighted by Crippen LogP contribution is -2.47. The summed E-state index contributed by atoms with van der Waals surface area (Å²) in [5.74, 6) is -0.726. The van der Waals surface area contributed by atoms with Crippen molar-refractivity contribution in [1.82, 2.24) is 10.2 Å². The third-order valence-corrected chi connectivity index (χ3v) is 4.12. The number of rotatable bonds is 6. The third-order valence-electron chi connectivity index (χ3n) is 4.12. The summed E-state index contributed by atoms with van der Waals surface area (Å²) in [5, 5.41) is 5.46. The van der Waals surface area contributed by atoms with E-state index in [4.69, 9.17) is 5.73 Å². The highest BCUT2D eigenvalue weighted by atomic mass is 19.1. The molecule has 0 aliphatic carbocycles. The number of likely N-dealkylation sites (tertiary alicyclic amines) is 1. The van der Waals surface area contributed by atoms with Crippen molar-refractivity contribution in [3.63, 3.8) is 0 Å². The van der Waals surface area contributed by atoms with Gasteiger partial charge >= 0.3 is 6.03 Å². The number of para-hydroxylation sites is 1. The van der Waals surface area contributed by atoms with Crippen molar-refractivity contribution in [1.29, 1.82) is 0 Å². The van der Waals surface area contributed by atoms with Gasteiger partial charge in [-0.05, 0) is 44.4 Å². The molecule has 24 heavy (non-hydrogen) atoms. The van der Waals surface area contributed by atoms with Crippen LogP contribution in [0.15, 0.2) is 24.3 Å². The minimum atomic E-state index is -0.475. The Morgan fingerprint density at radius 2 is 2.08 bits per heavy atom. The van der Waals surface area contributed by atoms with Crippen LogP contribution < -0.4 is 16.4 Å². The van der Waals surface area contributed by atoms with E-state index in [0.717, 1.165) is 25.7 Å². The Morgan fingerprint density at radius 1 is 1.29 bits per heavy atom. The van der Waals surface area contributed by atoms with Crippen LogP contribution in [0.4, 0.5) is 14.9 Å². The van der Waals surface area contributed by atoms with E-state index in [2.05, 4.69) is 10.6 Å². The van der Waals surface area contributed by atoms with Crippen molar-refractivity contribution in [2.45, 2.75) is 25.7 Å². The molecule has 2 rings (SSSR count). The fraction of sp³-hybridized carbons (Fsp3) is 0.529. The predicted molar refractivity (Wildman–Crippen MR) is 91.0 cm³/mol. The second-order valence-corrected chi connectivity index (χ2v) is 5.98. The molecule has 4 N–H and O–H groups in total. The molecule has 0 spiro atoms. The molecular formula is C17H25FN4O2. The second-order valence-electron chi connectivity index (χ2n) is 5.98. The van der Waals surface area contributed by atoms with Gasteiger partial charge in [-0.15, -0.1) is 0 Å². The van der Waals surface area contributed by atoms with Crippen LogP contribution in [0.2, 0.25) is 0 Å². The van der Waals surface area contributed by atoms with Crippen molar-refractivity contribution in [3.05, 3.63) is 30.1 Å². The number of amides is 3. The first-order valence-electron chi connectivity index (χ1n) is 8.40. The highest BCUT2D eigenvalue weighted by Crippen LogP contribution is 2.19. The maximum Gasteiger partial charge on any atom is 0.321 e. The number of benzene rings is 1. The average Bonchev–Trinajstić information content (AvgIpc) is 2.60. The number of hydrogen-bond acceptors (Lipinski definition) is 3. The standard InChI is InChI=1S/C17H25FN4O2/c18-14-7-1-2-8-15(14)21-17(24)22-11-5-6-13(12-22)16(23)20-10-4-3-9-19/h1-2,7-8,13H,3-6,9-12,19H2,(H,20,23)(H,21,24). The first-order valence-corrected chi connectivity index (χ1v) is 8.40. The number of carbonyl (C=O) groups excluding carboxylic acids is 2. The second kappa shape index (κ2) is 9.22. The first kappa shape index (κ1) is 18.2. The van der Waals surface area contributed by atoms with Crippen molar-refractivity contribution >= 4 is 17.6 Å². The Balaban J connectivity index is 1.84. The number of piperidine rings is 1. The van der Waals surface area contributed by atoms with Crippen molar-refractivity contribution < 1.29 is 14.0 Å². The van der Waals surface area contributed by atoms with E-state index in [1.807, 2.05) is 0 Å². The lowest BCUT2D eigenvalue weighted by molar-refractivity contribution is -0.126. The zero-order chi connectivity index (χ0) is 17.4. The van der Waals surface area contributed by atoms with E-state index in [1.54, 1.807) is 17.0 Å². The quantitative estimate of drug-likeness (QED) is 0.694. The summed E-state index contributed by atoms with van der Waals surface area (Å²) < 4.78 is 13.6. The third kappa shape index (κ3) is 5.19. The Bertz CT molecular complexity index is 567. The number of unbranched alkanes of at least 4 members (excludes halogenated alkanes) is 1. The predicted octanol–water partition coefficient (Wildman–Crippen LogP) is 1.92. The molecule has 1 aliphatic heterocycles. The number of anilines is 1. The number of nitrogens with two attached hydrogens (primary N) is 1. The summed E-state index contributed by atoms with van der Waals surface area (Å²) in [6.45, 7) is 2.14. The van der Waals surface area contributed by atoms with E-state index in [1.165, 1.54) is 12.1 Å². The summed E-state index contributed by atoms with van der Waals surface area (Å²) in [6, 6.07) is 5.66. The fourth-order valence-electron chi connectivity index (χ4n) is 2.76. The van der Waals surface area contributed by atoms with Crippen LogP contribution in [0.5, 0.6) is 0 Å². The van der Waals surface area contributed by atoms with Gasteiger partial charge in [-0.3, -0.25) is 4.79 Å². The van der Waals surface area contributed by atoms with Crippen LogP contribution >= 0.6 is 0 Å². The van der Waals surface area contributed by atoms with Crippen LogP contribution in [0, 0.1) is 11.7 Å². The van der Waals surface area contributed by atoms with E-state index in [0.29, 0.717) is 26.2 Å². The van der Waals surface area contributed by atoms with Crippen LogP contribution in [-0.2, 0) is 4.79 Å². The summed E-state index contributed by atoms with van der Waals surface area (Å²) in [5.41, 5.74) is 5.57. The topological polar surface area (TPSA) is 87.5 Å². The zero-order valence-corrected chi connectivity index (χ0v) is 13.8. The number of carbonyl (C=O) groups is 2. The van der Waals surface area contributed by atoms with E-state index in [9.17, 15) is 14.0 Å².